The number of furan rings is 2. The van der Waals surface area contributed by atoms with Crippen molar-refractivity contribution in [2.75, 3.05) is 0 Å². The summed E-state index contributed by atoms with van der Waals surface area (Å²) in [4.78, 5) is 0. The van der Waals surface area contributed by atoms with Crippen molar-refractivity contribution in [1.29, 1.82) is 0 Å². The molecule has 0 amide bonds. The molecule has 2 aromatic rings. The fourth-order valence-corrected chi connectivity index (χ4v) is 1.13. The number of hydrogen-bond acceptors (Lipinski definition) is 2. The maximum absolute atomic E-state index is 5.06. The second-order valence-corrected chi connectivity index (χ2v) is 2.50. The van der Waals surface area contributed by atoms with Gasteiger partial charge in [-0.2, -0.15) is 0 Å². The molecule has 0 bridgehead atoms. The van der Waals surface area contributed by atoms with Crippen LogP contribution in [0.1, 0.15) is 0 Å². The van der Waals surface area contributed by atoms with E-state index in [2.05, 4.69) is 15.9 Å². The summed E-state index contributed by atoms with van der Waals surface area (Å²) in [6.07, 6.45) is 1.60. The molecule has 0 aliphatic carbocycles. The molecule has 0 aliphatic heterocycles. The maximum atomic E-state index is 5.06. The van der Waals surface area contributed by atoms with Gasteiger partial charge in [0.05, 0.1) is 11.6 Å². The van der Waals surface area contributed by atoms with E-state index >= 15 is 0 Å². The summed E-state index contributed by atoms with van der Waals surface area (Å²) in [7, 11) is 0. The van der Waals surface area contributed by atoms with Crippen LogP contribution in [-0.4, -0.2) is 0 Å². The molecule has 0 radical (unpaired) electrons. The molecule has 3 heteroatoms. The molecular weight excluding hydrogens is 184 g/mol. The maximum Gasteiger partial charge on any atom is 0.298 e. The van der Waals surface area contributed by atoms with E-state index in [1.807, 2.05) is 12.1 Å². The number of halogens is 1. The Morgan fingerprint density at radius 2 is 2.33 bits per heavy atom. The van der Waals surface area contributed by atoms with Crippen molar-refractivity contribution >= 4 is 27.1 Å². The molecule has 0 aliphatic rings. The largest absolute Gasteiger partial charge is 0.433 e. The Morgan fingerprint density at radius 3 is 3.11 bits per heavy atom. The van der Waals surface area contributed by atoms with E-state index < -0.39 is 0 Å². The standard InChI is InChI=1S/C6H3BrO2/c7-5-3-4-1-2-8-6(4)9-5/h1-3H. The van der Waals surface area contributed by atoms with Crippen molar-refractivity contribution < 1.29 is 8.83 Å². The van der Waals surface area contributed by atoms with Gasteiger partial charge in [-0.1, -0.05) is 0 Å². The highest BCUT2D eigenvalue weighted by Gasteiger charge is 2.01. The summed E-state index contributed by atoms with van der Waals surface area (Å²) in [5, 5.41) is 0.988. The Morgan fingerprint density at radius 1 is 1.44 bits per heavy atom. The van der Waals surface area contributed by atoms with Crippen molar-refractivity contribution in [2.24, 2.45) is 0 Å². The van der Waals surface area contributed by atoms with Gasteiger partial charge in [0.2, 0.25) is 0 Å². The Hall–Kier alpha value is -0.700. The van der Waals surface area contributed by atoms with Crippen LogP contribution in [0.5, 0.6) is 0 Å². The first kappa shape index (κ1) is 5.11. The second-order valence-electron chi connectivity index (χ2n) is 1.71. The lowest BCUT2D eigenvalue weighted by Gasteiger charge is -1.71. The third-order valence-corrected chi connectivity index (χ3v) is 1.51. The van der Waals surface area contributed by atoms with Gasteiger partial charge in [-0.3, -0.25) is 0 Å². The first-order chi connectivity index (χ1) is 4.36. The van der Waals surface area contributed by atoms with Crippen LogP contribution in [0, 0.1) is 0 Å². The van der Waals surface area contributed by atoms with Gasteiger partial charge in [-0.05, 0) is 22.0 Å². The fourth-order valence-electron chi connectivity index (χ4n) is 0.736. The van der Waals surface area contributed by atoms with Gasteiger partial charge in [0.15, 0.2) is 4.67 Å². The van der Waals surface area contributed by atoms with E-state index in [9.17, 15) is 0 Å². The van der Waals surface area contributed by atoms with E-state index in [1.165, 1.54) is 0 Å². The summed E-state index contributed by atoms with van der Waals surface area (Å²) < 4.78 is 10.7. The van der Waals surface area contributed by atoms with E-state index in [1.54, 1.807) is 6.26 Å². The zero-order chi connectivity index (χ0) is 6.27. The van der Waals surface area contributed by atoms with Crippen LogP contribution in [0.15, 0.2) is 31.9 Å². The monoisotopic (exact) mass is 186 g/mol. The normalized spacial score (nSPS) is 10.8. The lowest BCUT2D eigenvalue weighted by molar-refractivity contribution is 0.465. The minimum Gasteiger partial charge on any atom is -0.433 e. The lowest BCUT2D eigenvalue weighted by atomic mass is 10.4. The van der Waals surface area contributed by atoms with Crippen LogP contribution in [0.3, 0.4) is 0 Å². The van der Waals surface area contributed by atoms with E-state index in [4.69, 9.17) is 8.83 Å². The van der Waals surface area contributed by atoms with Crippen LogP contribution < -0.4 is 0 Å². The van der Waals surface area contributed by atoms with Gasteiger partial charge in [0, 0.05) is 6.07 Å². The van der Waals surface area contributed by atoms with Crippen LogP contribution in [0.4, 0.5) is 0 Å². The predicted molar refractivity (Wildman–Crippen MR) is 36.2 cm³/mol. The molecule has 2 heterocycles. The van der Waals surface area contributed by atoms with Gasteiger partial charge in [0.25, 0.3) is 5.78 Å². The van der Waals surface area contributed by atoms with E-state index in [0.29, 0.717) is 10.4 Å². The van der Waals surface area contributed by atoms with Gasteiger partial charge < -0.3 is 8.83 Å². The lowest BCUT2D eigenvalue weighted by Crippen LogP contribution is -1.41. The van der Waals surface area contributed by atoms with Crippen LogP contribution >= 0.6 is 15.9 Å². The quantitative estimate of drug-likeness (QED) is 0.633. The topological polar surface area (TPSA) is 26.3 Å². The molecule has 0 unspecified atom stereocenters. The van der Waals surface area contributed by atoms with Crippen molar-refractivity contribution in [3.63, 3.8) is 0 Å². The molecule has 46 valence electrons. The van der Waals surface area contributed by atoms with E-state index in [-0.39, 0.29) is 0 Å². The Bertz CT molecular complexity index is 292. The van der Waals surface area contributed by atoms with Gasteiger partial charge >= 0.3 is 0 Å². The molecule has 0 saturated heterocycles. The molecule has 2 nitrogen and oxygen atoms in total. The molecule has 2 aromatic heterocycles. The van der Waals surface area contributed by atoms with Crippen molar-refractivity contribution in [1.82, 2.24) is 0 Å². The molecule has 2 rings (SSSR count). The molecule has 0 N–H and O–H groups in total. The number of fused-ring (bicyclic) bond motifs is 1. The van der Waals surface area contributed by atoms with Crippen molar-refractivity contribution in [3.05, 3.63) is 23.1 Å². The van der Waals surface area contributed by atoms with Gasteiger partial charge in [-0.15, -0.1) is 0 Å². The highest BCUT2D eigenvalue weighted by Crippen LogP contribution is 2.23. The SMILES string of the molecule is Brc1cc2ccoc2o1. The number of hydrogen-bond donors (Lipinski definition) is 0. The predicted octanol–water partition coefficient (Wildman–Crippen LogP) is 2.79. The second kappa shape index (κ2) is 1.64. The molecule has 0 saturated carbocycles. The summed E-state index contributed by atoms with van der Waals surface area (Å²) in [6, 6.07) is 3.71. The summed E-state index contributed by atoms with van der Waals surface area (Å²) in [5.41, 5.74) is 0. The van der Waals surface area contributed by atoms with Crippen LogP contribution in [-0.2, 0) is 0 Å². The van der Waals surface area contributed by atoms with Crippen LogP contribution in [0.2, 0.25) is 0 Å². The minimum absolute atomic E-state index is 0.571. The fraction of sp³-hybridized carbons (Fsp3) is 0. The summed E-state index contributed by atoms with van der Waals surface area (Å²) >= 11 is 3.18. The molecule has 0 aromatic carbocycles. The minimum atomic E-state index is 0.571. The third kappa shape index (κ3) is 0.685. The zero-order valence-corrected chi connectivity index (χ0v) is 6.01. The Labute approximate surface area is 59.6 Å². The third-order valence-electron chi connectivity index (χ3n) is 1.12. The first-order valence-corrected chi connectivity index (χ1v) is 3.28. The molecular formula is C6H3BrO2. The van der Waals surface area contributed by atoms with Crippen LogP contribution in [0.25, 0.3) is 11.2 Å². The Kier molecular flexibility index (Phi) is 0.931. The highest BCUT2D eigenvalue weighted by atomic mass is 79.9. The number of rotatable bonds is 0. The van der Waals surface area contributed by atoms with Gasteiger partial charge in [0.1, 0.15) is 0 Å². The highest BCUT2D eigenvalue weighted by molar-refractivity contribution is 9.10. The van der Waals surface area contributed by atoms with Crippen molar-refractivity contribution in [2.45, 2.75) is 0 Å². The molecule has 9 heavy (non-hydrogen) atoms. The average Bonchev–Trinajstić information content (AvgIpc) is 2.22. The summed E-state index contributed by atoms with van der Waals surface area (Å²) in [5.74, 6) is 0.571. The Balaban J connectivity index is 2.92. The molecule has 0 fully saturated rings. The first-order valence-electron chi connectivity index (χ1n) is 2.49. The van der Waals surface area contributed by atoms with Crippen molar-refractivity contribution in [3.8, 4) is 0 Å². The molecule has 0 atom stereocenters. The smallest absolute Gasteiger partial charge is 0.298 e. The van der Waals surface area contributed by atoms with E-state index in [0.717, 1.165) is 5.39 Å². The zero-order valence-electron chi connectivity index (χ0n) is 4.43. The average molecular weight is 187 g/mol. The van der Waals surface area contributed by atoms with Gasteiger partial charge in [-0.25, -0.2) is 0 Å². The summed E-state index contributed by atoms with van der Waals surface area (Å²) in [6.45, 7) is 0. The molecule has 0 spiro atoms.